The molecule has 1 aromatic carbocycles. The number of halogens is 3. The van der Waals surface area contributed by atoms with Gasteiger partial charge in [-0.25, -0.2) is 0 Å². The summed E-state index contributed by atoms with van der Waals surface area (Å²) >= 11 is 0. The molecule has 0 aliphatic rings. The SMILES string of the molecule is CC(C(=N)N)c1cccc(OC(F)(F)F)c1. The minimum Gasteiger partial charge on any atom is -0.406 e. The van der Waals surface area contributed by atoms with Crippen molar-refractivity contribution in [2.75, 3.05) is 0 Å². The molecule has 0 aromatic heterocycles. The number of alkyl halides is 3. The van der Waals surface area contributed by atoms with E-state index in [0.717, 1.165) is 0 Å². The van der Waals surface area contributed by atoms with Crippen LogP contribution in [0.5, 0.6) is 5.75 Å². The van der Waals surface area contributed by atoms with Crippen molar-refractivity contribution >= 4 is 5.84 Å². The zero-order chi connectivity index (χ0) is 12.3. The molecule has 0 aliphatic heterocycles. The second-order valence-corrected chi connectivity index (χ2v) is 3.30. The standard InChI is InChI=1S/C10H11F3N2O/c1-6(9(14)15)7-3-2-4-8(5-7)16-10(11,12)13/h2-6H,1H3,(H3,14,15). The normalized spacial score (nSPS) is 13.2. The van der Waals surface area contributed by atoms with Crippen LogP contribution in [0.25, 0.3) is 0 Å². The van der Waals surface area contributed by atoms with Gasteiger partial charge in [0.15, 0.2) is 0 Å². The fourth-order valence-electron chi connectivity index (χ4n) is 1.16. The van der Waals surface area contributed by atoms with Gasteiger partial charge < -0.3 is 10.5 Å². The lowest BCUT2D eigenvalue weighted by atomic mass is 10.0. The van der Waals surface area contributed by atoms with Gasteiger partial charge in [0.25, 0.3) is 0 Å². The number of ether oxygens (including phenoxy) is 1. The fourth-order valence-corrected chi connectivity index (χ4v) is 1.16. The number of rotatable bonds is 3. The Bertz CT molecular complexity index is 390. The molecule has 6 heteroatoms. The van der Waals surface area contributed by atoms with Gasteiger partial charge in [-0.1, -0.05) is 19.1 Å². The zero-order valence-electron chi connectivity index (χ0n) is 8.51. The average Bonchev–Trinajstić information content (AvgIpc) is 2.14. The van der Waals surface area contributed by atoms with Crippen LogP contribution in [0.1, 0.15) is 18.4 Å². The monoisotopic (exact) mass is 232 g/mol. The molecule has 0 radical (unpaired) electrons. The van der Waals surface area contributed by atoms with Gasteiger partial charge in [-0.05, 0) is 17.7 Å². The van der Waals surface area contributed by atoms with Gasteiger partial charge in [-0.2, -0.15) is 0 Å². The molecule has 3 nitrogen and oxygen atoms in total. The smallest absolute Gasteiger partial charge is 0.406 e. The molecule has 0 bridgehead atoms. The zero-order valence-corrected chi connectivity index (χ0v) is 8.51. The van der Waals surface area contributed by atoms with Crippen molar-refractivity contribution in [1.82, 2.24) is 0 Å². The van der Waals surface area contributed by atoms with Crippen LogP contribution in [0.3, 0.4) is 0 Å². The second kappa shape index (κ2) is 4.42. The first kappa shape index (κ1) is 12.4. The summed E-state index contributed by atoms with van der Waals surface area (Å²) in [5.41, 5.74) is 5.77. The summed E-state index contributed by atoms with van der Waals surface area (Å²) in [6, 6.07) is 5.44. The quantitative estimate of drug-likeness (QED) is 0.621. The van der Waals surface area contributed by atoms with E-state index in [4.69, 9.17) is 11.1 Å². The highest BCUT2D eigenvalue weighted by atomic mass is 19.4. The summed E-state index contributed by atoms with van der Waals surface area (Å²) in [5.74, 6) is -0.848. The first-order chi connectivity index (χ1) is 7.29. The maximum atomic E-state index is 11.9. The van der Waals surface area contributed by atoms with Crippen LogP contribution in [-0.4, -0.2) is 12.2 Å². The Hall–Kier alpha value is -1.72. The van der Waals surface area contributed by atoms with Crippen molar-refractivity contribution in [2.45, 2.75) is 19.2 Å². The average molecular weight is 232 g/mol. The van der Waals surface area contributed by atoms with Crippen molar-refractivity contribution < 1.29 is 17.9 Å². The number of hydrogen-bond donors (Lipinski definition) is 2. The maximum Gasteiger partial charge on any atom is 0.573 e. The number of hydrogen-bond acceptors (Lipinski definition) is 2. The molecule has 88 valence electrons. The Morgan fingerprint density at radius 2 is 2.06 bits per heavy atom. The topological polar surface area (TPSA) is 59.1 Å². The minimum atomic E-state index is -4.71. The van der Waals surface area contributed by atoms with Crippen molar-refractivity contribution in [3.05, 3.63) is 29.8 Å². The van der Waals surface area contributed by atoms with Crippen LogP contribution in [0, 0.1) is 5.41 Å². The van der Waals surface area contributed by atoms with Gasteiger partial charge in [0.1, 0.15) is 5.75 Å². The molecule has 0 fully saturated rings. The van der Waals surface area contributed by atoms with Crippen LogP contribution in [0.4, 0.5) is 13.2 Å². The Balaban J connectivity index is 2.91. The first-order valence-electron chi connectivity index (χ1n) is 4.49. The highest BCUT2D eigenvalue weighted by molar-refractivity contribution is 5.84. The van der Waals surface area contributed by atoms with Crippen LogP contribution < -0.4 is 10.5 Å². The van der Waals surface area contributed by atoms with Gasteiger partial charge in [-0.3, -0.25) is 5.41 Å². The molecule has 1 aromatic rings. The second-order valence-electron chi connectivity index (χ2n) is 3.30. The number of nitrogens with two attached hydrogens (primary N) is 1. The van der Waals surface area contributed by atoms with Gasteiger partial charge >= 0.3 is 6.36 Å². The van der Waals surface area contributed by atoms with E-state index in [2.05, 4.69) is 4.74 Å². The molecule has 3 N–H and O–H groups in total. The number of nitrogens with one attached hydrogen (secondary N) is 1. The van der Waals surface area contributed by atoms with Crippen LogP contribution in [0.2, 0.25) is 0 Å². The lowest BCUT2D eigenvalue weighted by molar-refractivity contribution is -0.274. The van der Waals surface area contributed by atoms with E-state index in [0.29, 0.717) is 5.56 Å². The van der Waals surface area contributed by atoms with Crippen LogP contribution >= 0.6 is 0 Å². The molecule has 0 heterocycles. The Labute approximate surface area is 90.5 Å². The highest BCUT2D eigenvalue weighted by Gasteiger charge is 2.31. The van der Waals surface area contributed by atoms with Crippen molar-refractivity contribution in [2.24, 2.45) is 5.73 Å². The first-order valence-corrected chi connectivity index (χ1v) is 4.49. The predicted molar refractivity (Wildman–Crippen MR) is 53.5 cm³/mol. The van der Waals surface area contributed by atoms with Crippen LogP contribution in [0.15, 0.2) is 24.3 Å². The van der Waals surface area contributed by atoms with E-state index >= 15 is 0 Å². The summed E-state index contributed by atoms with van der Waals surface area (Å²) in [6.07, 6.45) is -4.71. The highest BCUT2D eigenvalue weighted by Crippen LogP contribution is 2.25. The molecular formula is C10H11F3N2O. The molecule has 1 atom stereocenters. The predicted octanol–water partition coefficient (Wildman–Crippen LogP) is 2.62. The van der Waals surface area contributed by atoms with Gasteiger partial charge in [0.05, 0.1) is 5.84 Å². The number of amidine groups is 1. The van der Waals surface area contributed by atoms with E-state index in [1.54, 1.807) is 13.0 Å². The Morgan fingerprint density at radius 3 is 2.56 bits per heavy atom. The molecule has 1 unspecified atom stereocenters. The van der Waals surface area contributed by atoms with E-state index in [1.165, 1.54) is 18.2 Å². The molecule has 0 saturated carbocycles. The third-order valence-corrected chi connectivity index (χ3v) is 2.06. The van der Waals surface area contributed by atoms with E-state index in [1.807, 2.05) is 0 Å². The van der Waals surface area contributed by atoms with Crippen molar-refractivity contribution in [1.29, 1.82) is 5.41 Å². The summed E-state index contributed by atoms with van der Waals surface area (Å²) < 4.78 is 39.6. The van der Waals surface area contributed by atoms with E-state index in [-0.39, 0.29) is 11.6 Å². The molecule has 16 heavy (non-hydrogen) atoms. The van der Waals surface area contributed by atoms with Gasteiger partial charge in [0.2, 0.25) is 0 Å². The molecular weight excluding hydrogens is 221 g/mol. The summed E-state index contributed by atoms with van der Waals surface area (Å²) in [5, 5.41) is 7.20. The maximum absolute atomic E-state index is 11.9. The fraction of sp³-hybridized carbons (Fsp3) is 0.300. The lowest BCUT2D eigenvalue weighted by Gasteiger charge is -2.13. The van der Waals surface area contributed by atoms with Gasteiger partial charge in [0, 0.05) is 5.92 Å². The molecule has 0 spiro atoms. The minimum absolute atomic E-state index is 0.107. The Kier molecular flexibility index (Phi) is 3.41. The number of benzene rings is 1. The lowest BCUT2D eigenvalue weighted by Crippen LogP contribution is -2.19. The van der Waals surface area contributed by atoms with Gasteiger partial charge in [-0.15, -0.1) is 13.2 Å². The third-order valence-electron chi connectivity index (χ3n) is 2.06. The Morgan fingerprint density at radius 1 is 1.44 bits per heavy atom. The summed E-state index contributed by atoms with van der Waals surface area (Å²) in [4.78, 5) is 0. The van der Waals surface area contributed by atoms with Crippen molar-refractivity contribution in [3.63, 3.8) is 0 Å². The molecule has 0 aliphatic carbocycles. The molecule has 0 amide bonds. The van der Waals surface area contributed by atoms with Crippen molar-refractivity contribution in [3.8, 4) is 5.75 Å². The summed E-state index contributed by atoms with van der Waals surface area (Å²) in [7, 11) is 0. The molecule has 0 saturated heterocycles. The third kappa shape index (κ3) is 3.45. The van der Waals surface area contributed by atoms with Crippen LogP contribution in [-0.2, 0) is 0 Å². The van der Waals surface area contributed by atoms with E-state index in [9.17, 15) is 13.2 Å². The largest absolute Gasteiger partial charge is 0.573 e. The molecule has 1 rings (SSSR count). The summed E-state index contributed by atoms with van der Waals surface area (Å²) in [6.45, 7) is 1.63. The van der Waals surface area contributed by atoms with E-state index < -0.39 is 12.3 Å².